The second-order valence-electron chi connectivity index (χ2n) is 6.75. The number of aromatic nitrogens is 1. The van der Waals surface area contributed by atoms with Crippen molar-refractivity contribution in [3.05, 3.63) is 35.1 Å². The summed E-state index contributed by atoms with van der Waals surface area (Å²) in [5.74, 6) is 2.13. The minimum Gasteiger partial charge on any atom is -0.352 e. The first-order chi connectivity index (χ1) is 11.7. The smallest absolute Gasteiger partial charge is 0.225 e. The van der Waals surface area contributed by atoms with E-state index in [1.54, 1.807) is 6.20 Å². The summed E-state index contributed by atoms with van der Waals surface area (Å²) in [6.45, 7) is 2.24. The number of allylic oxidation sites excluding steroid dienone is 1. The molecule has 0 amide bonds. The summed E-state index contributed by atoms with van der Waals surface area (Å²) in [4.78, 5) is 16.2. The summed E-state index contributed by atoms with van der Waals surface area (Å²) >= 11 is 3.76. The summed E-state index contributed by atoms with van der Waals surface area (Å²) < 4.78 is 1.25. The van der Waals surface area contributed by atoms with Gasteiger partial charge in [0.05, 0.1) is 0 Å². The van der Waals surface area contributed by atoms with E-state index in [0.29, 0.717) is 23.8 Å². The predicted octanol–water partition coefficient (Wildman–Crippen LogP) is 4.01. The van der Waals surface area contributed by atoms with E-state index < -0.39 is 0 Å². The lowest BCUT2D eigenvalue weighted by atomic mass is 9.87. The summed E-state index contributed by atoms with van der Waals surface area (Å²) in [6.07, 6.45) is 11.4. The maximum absolute atomic E-state index is 4.94. The number of hydrogen-bond acceptors (Lipinski definition) is 5. The molecule has 0 saturated heterocycles. The fraction of sp³-hybridized carbons (Fsp3) is 0.500. The minimum atomic E-state index is 0.119. The molecule has 4 rings (SSSR count). The van der Waals surface area contributed by atoms with Gasteiger partial charge in [-0.3, -0.25) is 0 Å². The van der Waals surface area contributed by atoms with Crippen LogP contribution in [0.4, 0.5) is 5.82 Å². The molecule has 1 aliphatic carbocycles. The van der Waals surface area contributed by atoms with Gasteiger partial charge in [0.2, 0.25) is 5.96 Å². The van der Waals surface area contributed by atoms with Crippen LogP contribution in [0.2, 0.25) is 0 Å². The molecule has 2 aliphatic heterocycles. The topological polar surface area (TPSA) is 52.9 Å². The van der Waals surface area contributed by atoms with E-state index in [1.165, 1.54) is 30.2 Å². The molecule has 0 bridgehead atoms. The Labute approximate surface area is 151 Å². The van der Waals surface area contributed by atoms with Crippen LogP contribution in [0.15, 0.2) is 45.1 Å². The zero-order valence-electron chi connectivity index (χ0n) is 13.8. The average Bonchev–Trinajstić information content (AvgIpc) is 3.13. The molecule has 3 atom stereocenters. The molecule has 0 spiro atoms. The van der Waals surface area contributed by atoms with Gasteiger partial charge < -0.3 is 10.2 Å². The zero-order chi connectivity index (χ0) is 16.5. The second-order valence-corrected chi connectivity index (χ2v) is 7.67. The third-order valence-corrected chi connectivity index (χ3v) is 6.14. The quantitative estimate of drug-likeness (QED) is 0.833. The largest absolute Gasteiger partial charge is 0.352 e. The number of anilines is 1. The van der Waals surface area contributed by atoms with E-state index in [0.717, 1.165) is 5.82 Å². The third kappa shape index (κ3) is 2.99. The van der Waals surface area contributed by atoms with Gasteiger partial charge in [-0.2, -0.15) is 0 Å². The predicted molar refractivity (Wildman–Crippen MR) is 101 cm³/mol. The van der Waals surface area contributed by atoms with Crippen LogP contribution >= 0.6 is 15.9 Å². The molecule has 24 heavy (non-hydrogen) atoms. The van der Waals surface area contributed by atoms with Crippen LogP contribution in [-0.4, -0.2) is 34.3 Å². The van der Waals surface area contributed by atoms with Crippen molar-refractivity contribution in [3.8, 4) is 0 Å². The lowest BCUT2D eigenvalue weighted by molar-refractivity contribution is 0.149. The van der Waals surface area contributed by atoms with Crippen LogP contribution in [0, 0.1) is 11.8 Å². The standard InChI is InChI=1S/C18H22BrN5/c1-12-14-10-21-18(22-16-8-4-5-9-20-16)23-17(14)24(11-15(12)19)13-6-2-3-7-13/h4-5,8-14,17H,2-3,6-7H2,1H3,(H,20,22,23). The number of nitrogens with one attached hydrogen (secondary N) is 1. The van der Waals surface area contributed by atoms with E-state index in [1.807, 2.05) is 18.2 Å². The maximum atomic E-state index is 4.94. The SMILES string of the molecule is CC1C(Br)=CN(C2CCCC2)C2N=C(Nc3ccccn3)N=CC12. The normalized spacial score (nSPS) is 29.9. The Kier molecular flexibility index (Phi) is 4.39. The highest BCUT2D eigenvalue weighted by Gasteiger charge is 2.40. The molecule has 6 heteroatoms. The minimum absolute atomic E-state index is 0.119. The molecule has 1 fully saturated rings. The molecule has 1 N–H and O–H groups in total. The number of aliphatic imine (C=N–C) groups is 2. The highest BCUT2D eigenvalue weighted by atomic mass is 79.9. The van der Waals surface area contributed by atoms with Crippen LogP contribution in [0.25, 0.3) is 0 Å². The van der Waals surface area contributed by atoms with Gasteiger partial charge in [0.25, 0.3) is 0 Å². The molecule has 1 aromatic heterocycles. The highest BCUT2D eigenvalue weighted by Crippen LogP contribution is 2.39. The number of pyridine rings is 1. The fourth-order valence-corrected chi connectivity index (χ4v) is 4.33. The molecule has 126 valence electrons. The van der Waals surface area contributed by atoms with Crippen molar-refractivity contribution in [2.24, 2.45) is 21.8 Å². The van der Waals surface area contributed by atoms with Crippen molar-refractivity contribution in [2.45, 2.75) is 44.8 Å². The number of hydrogen-bond donors (Lipinski definition) is 1. The van der Waals surface area contributed by atoms with Gasteiger partial charge in [-0.15, -0.1) is 0 Å². The number of rotatable bonds is 2. The molecule has 3 unspecified atom stereocenters. The lowest BCUT2D eigenvalue weighted by Gasteiger charge is -2.44. The summed E-state index contributed by atoms with van der Waals surface area (Å²) in [7, 11) is 0. The second kappa shape index (κ2) is 6.67. The molecular weight excluding hydrogens is 366 g/mol. The highest BCUT2D eigenvalue weighted by molar-refractivity contribution is 9.11. The first kappa shape index (κ1) is 15.8. The van der Waals surface area contributed by atoms with Crippen molar-refractivity contribution in [1.82, 2.24) is 9.88 Å². The van der Waals surface area contributed by atoms with Crippen molar-refractivity contribution < 1.29 is 0 Å². The van der Waals surface area contributed by atoms with E-state index in [9.17, 15) is 0 Å². The van der Waals surface area contributed by atoms with Crippen LogP contribution < -0.4 is 5.32 Å². The van der Waals surface area contributed by atoms with Gasteiger partial charge in [0, 0.05) is 41.0 Å². The monoisotopic (exact) mass is 387 g/mol. The molecule has 1 aromatic rings. The third-order valence-electron chi connectivity index (χ3n) is 5.21. The van der Waals surface area contributed by atoms with Gasteiger partial charge in [-0.25, -0.2) is 15.0 Å². The zero-order valence-corrected chi connectivity index (χ0v) is 15.4. The Hall–Kier alpha value is -1.69. The van der Waals surface area contributed by atoms with Gasteiger partial charge in [-0.1, -0.05) is 41.8 Å². The van der Waals surface area contributed by atoms with Gasteiger partial charge >= 0.3 is 0 Å². The van der Waals surface area contributed by atoms with E-state index in [2.05, 4.69) is 55.5 Å². The summed E-state index contributed by atoms with van der Waals surface area (Å²) in [5.41, 5.74) is 0. The summed E-state index contributed by atoms with van der Waals surface area (Å²) in [5, 5.41) is 3.23. The molecule has 3 aliphatic rings. The van der Waals surface area contributed by atoms with Crippen molar-refractivity contribution in [1.29, 1.82) is 0 Å². The lowest BCUT2D eigenvalue weighted by Crippen LogP contribution is -2.49. The van der Waals surface area contributed by atoms with Gasteiger partial charge in [0.1, 0.15) is 12.0 Å². The Morgan fingerprint density at radius 3 is 2.83 bits per heavy atom. The number of nitrogens with zero attached hydrogens (tertiary/aromatic N) is 4. The van der Waals surface area contributed by atoms with E-state index in [-0.39, 0.29) is 6.17 Å². The van der Waals surface area contributed by atoms with Crippen LogP contribution in [-0.2, 0) is 0 Å². The Balaban J connectivity index is 1.61. The molecule has 1 saturated carbocycles. The maximum Gasteiger partial charge on any atom is 0.225 e. The van der Waals surface area contributed by atoms with Gasteiger partial charge in [-0.05, 0) is 25.0 Å². The Morgan fingerprint density at radius 2 is 2.08 bits per heavy atom. The van der Waals surface area contributed by atoms with Crippen molar-refractivity contribution in [2.75, 3.05) is 5.32 Å². The molecule has 5 nitrogen and oxygen atoms in total. The van der Waals surface area contributed by atoms with Gasteiger partial charge in [0.15, 0.2) is 0 Å². The fourth-order valence-electron chi connectivity index (χ4n) is 3.79. The van der Waals surface area contributed by atoms with E-state index in [4.69, 9.17) is 4.99 Å². The Bertz CT molecular complexity index is 678. The summed E-state index contributed by atoms with van der Waals surface area (Å²) in [6, 6.07) is 6.38. The molecule has 3 heterocycles. The van der Waals surface area contributed by atoms with Crippen LogP contribution in [0.3, 0.4) is 0 Å². The number of halogens is 1. The average molecular weight is 388 g/mol. The first-order valence-corrected chi connectivity index (χ1v) is 9.46. The Morgan fingerprint density at radius 1 is 1.25 bits per heavy atom. The number of guanidine groups is 1. The molecular formula is C18H22BrN5. The van der Waals surface area contributed by atoms with Crippen molar-refractivity contribution in [3.63, 3.8) is 0 Å². The van der Waals surface area contributed by atoms with Crippen LogP contribution in [0.1, 0.15) is 32.6 Å². The number of fused-ring (bicyclic) bond motifs is 1. The molecule has 0 radical (unpaired) electrons. The van der Waals surface area contributed by atoms with E-state index >= 15 is 0 Å². The molecule has 0 aromatic carbocycles. The van der Waals surface area contributed by atoms with Crippen LogP contribution in [0.5, 0.6) is 0 Å². The first-order valence-electron chi connectivity index (χ1n) is 8.67. The van der Waals surface area contributed by atoms with Crippen molar-refractivity contribution >= 4 is 33.9 Å².